The highest BCUT2D eigenvalue weighted by atomic mass is 35.5. The monoisotopic (exact) mass is 411 g/mol. The predicted molar refractivity (Wildman–Crippen MR) is 122 cm³/mol. The van der Waals surface area contributed by atoms with Crippen LogP contribution in [0.1, 0.15) is 74.0 Å². The first kappa shape index (κ1) is 21.4. The second-order valence-corrected chi connectivity index (χ2v) is 9.29. The van der Waals surface area contributed by atoms with Crippen molar-refractivity contribution < 1.29 is 4.79 Å². The van der Waals surface area contributed by atoms with E-state index in [-0.39, 0.29) is 11.4 Å². The molecule has 2 aromatic carbocycles. The zero-order valence-corrected chi connectivity index (χ0v) is 18.8. The molecule has 0 radical (unpaired) electrons. The second kappa shape index (κ2) is 8.19. The lowest BCUT2D eigenvalue weighted by molar-refractivity contribution is 0.0955. The van der Waals surface area contributed by atoms with E-state index in [1.807, 2.05) is 0 Å². The van der Waals surface area contributed by atoms with Gasteiger partial charge in [0.1, 0.15) is 0 Å². The first-order valence-corrected chi connectivity index (χ1v) is 10.5. The quantitative estimate of drug-likeness (QED) is 0.501. The van der Waals surface area contributed by atoms with Crippen LogP contribution < -0.4 is 10.3 Å². The summed E-state index contributed by atoms with van der Waals surface area (Å²) in [6.45, 7) is 13.5. The Morgan fingerprint density at radius 1 is 1.28 bits per heavy atom. The standard InChI is InChI=1S/C24H30ClN3O/c1-15(2)28-22-11-16(3)19(12-21(22)17(4)13-24(28,5)6)14-26-27-23(29)18-7-9-20(25)10-8-18/h7-12,14-15,17H,13H2,1-6H3,(H,27,29)/b26-14-/t17-/m0/s1. The largest absolute Gasteiger partial charge is 0.364 e. The molecule has 3 rings (SSSR count). The average molecular weight is 412 g/mol. The second-order valence-electron chi connectivity index (χ2n) is 8.85. The van der Waals surface area contributed by atoms with E-state index in [9.17, 15) is 4.79 Å². The van der Waals surface area contributed by atoms with Crippen molar-refractivity contribution in [2.45, 2.75) is 65.5 Å². The number of hydrazone groups is 1. The molecule has 1 amide bonds. The van der Waals surface area contributed by atoms with Crippen molar-refractivity contribution >= 4 is 29.4 Å². The summed E-state index contributed by atoms with van der Waals surface area (Å²) in [5.74, 6) is 0.209. The number of hydrogen-bond donors (Lipinski definition) is 1. The van der Waals surface area contributed by atoms with Crippen LogP contribution in [0.5, 0.6) is 0 Å². The molecule has 1 N–H and O–H groups in total. The molecule has 1 aliphatic heterocycles. The first-order valence-electron chi connectivity index (χ1n) is 10.1. The highest BCUT2D eigenvalue weighted by Crippen LogP contribution is 2.45. The molecule has 154 valence electrons. The highest BCUT2D eigenvalue weighted by Gasteiger charge is 2.37. The Kier molecular flexibility index (Phi) is 6.04. The molecule has 29 heavy (non-hydrogen) atoms. The van der Waals surface area contributed by atoms with E-state index in [1.165, 1.54) is 11.3 Å². The molecule has 0 bridgehead atoms. The SMILES string of the molecule is Cc1cc2c(cc1/C=N\NC(=O)c1ccc(Cl)cc1)[C@@H](C)CC(C)(C)N2C(C)C. The number of fused-ring (bicyclic) bond motifs is 1. The zero-order valence-electron chi connectivity index (χ0n) is 18.1. The summed E-state index contributed by atoms with van der Waals surface area (Å²) < 4.78 is 0. The Labute approximate surface area is 179 Å². The predicted octanol–water partition coefficient (Wildman–Crippen LogP) is 5.91. The van der Waals surface area contributed by atoms with Crippen LogP contribution >= 0.6 is 11.6 Å². The molecule has 1 atom stereocenters. The van der Waals surface area contributed by atoms with Gasteiger partial charge in [-0.2, -0.15) is 5.10 Å². The molecule has 0 saturated carbocycles. The number of aryl methyl sites for hydroxylation is 1. The molecule has 0 aliphatic carbocycles. The number of nitrogens with zero attached hydrogens (tertiary/aromatic N) is 2. The topological polar surface area (TPSA) is 44.7 Å². The van der Waals surface area contributed by atoms with Crippen LogP contribution in [0, 0.1) is 6.92 Å². The molecule has 0 spiro atoms. The highest BCUT2D eigenvalue weighted by molar-refractivity contribution is 6.30. The molecule has 1 aliphatic rings. The van der Waals surface area contributed by atoms with Crippen LogP contribution in [-0.4, -0.2) is 23.7 Å². The number of carbonyl (C=O) groups is 1. The van der Waals surface area contributed by atoms with E-state index in [4.69, 9.17) is 11.6 Å². The van der Waals surface area contributed by atoms with E-state index in [1.54, 1.807) is 30.5 Å². The number of nitrogens with one attached hydrogen (secondary N) is 1. The molecule has 0 fully saturated rings. The van der Waals surface area contributed by atoms with E-state index in [0.29, 0.717) is 22.5 Å². The van der Waals surface area contributed by atoms with Crippen LogP contribution in [-0.2, 0) is 0 Å². The Balaban J connectivity index is 1.85. The van der Waals surface area contributed by atoms with E-state index < -0.39 is 0 Å². The molecule has 4 nitrogen and oxygen atoms in total. The summed E-state index contributed by atoms with van der Waals surface area (Å²) in [5, 5.41) is 4.79. The van der Waals surface area contributed by atoms with Gasteiger partial charge < -0.3 is 4.90 Å². The summed E-state index contributed by atoms with van der Waals surface area (Å²) in [5.41, 5.74) is 8.06. The molecule has 1 heterocycles. The minimum Gasteiger partial charge on any atom is -0.364 e. The number of carbonyl (C=O) groups excluding carboxylic acids is 1. The Morgan fingerprint density at radius 3 is 2.55 bits per heavy atom. The van der Waals surface area contributed by atoms with Gasteiger partial charge in [0.15, 0.2) is 0 Å². The maximum Gasteiger partial charge on any atom is 0.271 e. The minimum atomic E-state index is -0.255. The summed E-state index contributed by atoms with van der Waals surface area (Å²) in [4.78, 5) is 14.8. The number of hydrogen-bond acceptors (Lipinski definition) is 3. The maximum absolute atomic E-state index is 12.2. The number of rotatable bonds is 4. The molecular weight excluding hydrogens is 382 g/mol. The van der Waals surface area contributed by atoms with Crippen LogP contribution in [0.3, 0.4) is 0 Å². The third kappa shape index (κ3) is 4.48. The molecule has 0 unspecified atom stereocenters. The van der Waals surface area contributed by atoms with Gasteiger partial charge in [0.05, 0.1) is 6.21 Å². The molecule has 5 heteroatoms. The fourth-order valence-electron chi connectivity index (χ4n) is 4.56. The van der Waals surface area contributed by atoms with E-state index in [0.717, 1.165) is 17.5 Å². The summed E-state index contributed by atoms with van der Waals surface area (Å²) >= 11 is 5.87. The number of anilines is 1. The lowest BCUT2D eigenvalue weighted by atomic mass is 9.78. The van der Waals surface area contributed by atoms with Crippen molar-refractivity contribution in [3.8, 4) is 0 Å². The van der Waals surface area contributed by atoms with Crippen LogP contribution in [0.4, 0.5) is 5.69 Å². The van der Waals surface area contributed by atoms with Crippen molar-refractivity contribution in [3.63, 3.8) is 0 Å². The average Bonchev–Trinajstić information content (AvgIpc) is 2.62. The fraction of sp³-hybridized carbons (Fsp3) is 0.417. The van der Waals surface area contributed by atoms with E-state index in [2.05, 4.69) is 69.1 Å². The van der Waals surface area contributed by atoms with Crippen molar-refractivity contribution in [3.05, 3.63) is 63.7 Å². The van der Waals surface area contributed by atoms with Crippen molar-refractivity contribution in [2.75, 3.05) is 4.90 Å². The van der Waals surface area contributed by atoms with Crippen LogP contribution in [0.25, 0.3) is 0 Å². The van der Waals surface area contributed by atoms with Gasteiger partial charge in [0.2, 0.25) is 0 Å². The van der Waals surface area contributed by atoms with Gasteiger partial charge in [-0.05, 0) is 100 Å². The Hall–Kier alpha value is -2.33. The normalized spacial score (nSPS) is 18.2. The zero-order chi connectivity index (χ0) is 21.3. The van der Waals surface area contributed by atoms with Gasteiger partial charge in [-0.15, -0.1) is 0 Å². The Morgan fingerprint density at radius 2 is 1.93 bits per heavy atom. The van der Waals surface area contributed by atoms with Gasteiger partial charge in [0, 0.05) is 27.9 Å². The molecular formula is C24H30ClN3O. The molecule has 0 aromatic heterocycles. The van der Waals surface area contributed by atoms with Gasteiger partial charge in [-0.1, -0.05) is 18.5 Å². The number of amides is 1. The molecule has 2 aromatic rings. The van der Waals surface area contributed by atoms with E-state index >= 15 is 0 Å². The third-order valence-corrected chi connectivity index (χ3v) is 5.91. The van der Waals surface area contributed by atoms with Crippen molar-refractivity contribution in [1.82, 2.24) is 5.43 Å². The number of halogens is 1. The summed E-state index contributed by atoms with van der Waals surface area (Å²) in [6, 6.07) is 11.7. The van der Waals surface area contributed by atoms with Gasteiger partial charge in [0.25, 0.3) is 5.91 Å². The number of benzene rings is 2. The fourth-order valence-corrected chi connectivity index (χ4v) is 4.68. The summed E-state index contributed by atoms with van der Waals surface area (Å²) in [6.07, 6.45) is 2.83. The maximum atomic E-state index is 12.2. The smallest absolute Gasteiger partial charge is 0.271 e. The van der Waals surface area contributed by atoms with Gasteiger partial charge in [-0.3, -0.25) is 4.79 Å². The van der Waals surface area contributed by atoms with Gasteiger partial charge >= 0.3 is 0 Å². The van der Waals surface area contributed by atoms with Crippen molar-refractivity contribution in [1.29, 1.82) is 0 Å². The first-order chi connectivity index (χ1) is 13.6. The minimum absolute atomic E-state index is 0.120. The van der Waals surface area contributed by atoms with Crippen LogP contribution in [0.15, 0.2) is 41.5 Å². The third-order valence-electron chi connectivity index (χ3n) is 5.66. The lowest BCUT2D eigenvalue weighted by Crippen LogP contribution is -2.51. The summed E-state index contributed by atoms with van der Waals surface area (Å²) in [7, 11) is 0. The van der Waals surface area contributed by atoms with Crippen molar-refractivity contribution in [2.24, 2.45) is 5.10 Å². The Bertz CT molecular complexity index is 932. The lowest BCUT2D eigenvalue weighted by Gasteiger charge is -2.50. The van der Waals surface area contributed by atoms with Gasteiger partial charge in [-0.25, -0.2) is 5.43 Å². The molecule has 0 saturated heterocycles. The van der Waals surface area contributed by atoms with Crippen LogP contribution in [0.2, 0.25) is 5.02 Å².